The molecule has 0 N–H and O–H groups in total. The van der Waals surface area contributed by atoms with Crippen molar-refractivity contribution in [2.24, 2.45) is 0 Å². The summed E-state index contributed by atoms with van der Waals surface area (Å²) in [6.45, 7) is 13.3. The number of pyridine rings is 1. The van der Waals surface area contributed by atoms with Crippen LogP contribution in [0.4, 0.5) is 0 Å². The third-order valence-electron chi connectivity index (χ3n) is 3.19. The molecule has 1 aromatic rings. The fraction of sp³-hybridized carbons (Fsp3) is 0.688. The molecular weight excluding hydrogens is 222 g/mol. The Bertz CT molecular complexity index is 433. The van der Waals surface area contributed by atoms with E-state index in [-0.39, 0.29) is 10.8 Å². The van der Waals surface area contributed by atoms with Crippen LogP contribution in [-0.2, 0) is 10.8 Å². The fourth-order valence-corrected chi connectivity index (χ4v) is 2.20. The highest BCUT2D eigenvalue weighted by atomic mass is 16.5. The SMILES string of the molecule is CC(C)(C)c1nccc(OC2CC2)c1C(C)(C)C. The first-order valence-electron chi connectivity index (χ1n) is 6.86. The second-order valence-electron chi connectivity index (χ2n) is 7.35. The van der Waals surface area contributed by atoms with Crippen molar-refractivity contribution in [3.8, 4) is 5.75 Å². The summed E-state index contributed by atoms with van der Waals surface area (Å²) in [5.74, 6) is 1.03. The van der Waals surface area contributed by atoms with Crippen LogP contribution in [0.1, 0.15) is 65.6 Å². The van der Waals surface area contributed by atoms with Gasteiger partial charge in [-0.1, -0.05) is 41.5 Å². The first kappa shape index (κ1) is 13.4. The normalized spacial score (nSPS) is 16.8. The van der Waals surface area contributed by atoms with Crippen LogP contribution in [-0.4, -0.2) is 11.1 Å². The maximum atomic E-state index is 6.08. The number of ether oxygens (including phenoxy) is 1. The number of hydrogen-bond donors (Lipinski definition) is 0. The van der Waals surface area contributed by atoms with E-state index in [1.807, 2.05) is 12.3 Å². The van der Waals surface area contributed by atoms with E-state index in [0.717, 1.165) is 11.4 Å². The van der Waals surface area contributed by atoms with Crippen molar-refractivity contribution >= 4 is 0 Å². The third kappa shape index (κ3) is 2.85. The maximum absolute atomic E-state index is 6.08. The van der Waals surface area contributed by atoms with Gasteiger partial charge in [-0.25, -0.2) is 0 Å². The Balaban J connectivity index is 2.52. The molecule has 0 aliphatic heterocycles. The molecule has 0 radical (unpaired) electrons. The minimum absolute atomic E-state index is 0.0472. The summed E-state index contributed by atoms with van der Waals surface area (Å²) in [4.78, 5) is 4.62. The lowest BCUT2D eigenvalue weighted by Gasteiger charge is -2.30. The maximum Gasteiger partial charge on any atom is 0.126 e. The Morgan fingerprint density at radius 3 is 2.11 bits per heavy atom. The van der Waals surface area contributed by atoms with Crippen LogP contribution in [0.3, 0.4) is 0 Å². The van der Waals surface area contributed by atoms with Gasteiger partial charge < -0.3 is 4.74 Å². The summed E-state index contributed by atoms with van der Waals surface area (Å²) in [7, 11) is 0. The number of hydrogen-bond acceptors (Lipinski definition) is 2. The average molecular weight is 247 g/mol. The molecule has 2 rings (SSSR count). The topological polar surface area (TPSA) is 22.1 Å². The van der Waals surface area contributed by atoms with Gasteiger partial charge in [0.05, 0.1) is 11.8 Å². The molecular formula is C16H25NO. The summed E-state index contributed by atoms with van der Waals surface area (Å²) in [5.41, 5.74) is 2.53. The van der Waals surface area contributed by atoms with Crippen molar-refractivity contribution in [3.05, 3.63) is 23.5 Å². The van der Waals surface area contributed by atoms with Crippen molar-refractivity contribution in [3.63, 3.8) is 0 Å². The fourth-order valence-electron chi connectivity index (χ4n) is 2.20. The minimum Gasteiger partial charge on any atom is -0.490 e. The van der Waals surface area contributed by atoms with E-state index in [1.54, 1.807) is 0 Å². The number of aromatic nitrogens is 1. The summed E-state index contributed by atoms with van der Waals surface area (Å²) in [5, 5.41) is 0. The zero-order chi connectivity index (χ0) is 13.6. The van der Waals surface area contributed by atoms with Crippen molar-refractivity contribution in [2.45, 2.75) is 71.3 Å². The lowest BCUT2D eigenvalue weighted by atomic mass is 9.78. The average Bonchev–Trinajstić information content (AvgIpc) is 2.98. The van der Waals surface area contributed by atoms with E-state index >= 15 is 0 Å². The largest absolute Gasteiger partial charge is 0.490 e. The van der Waals surface area contributed by atoms with Crippen LogP contribution in [0.5, 0.6) is 5.75 Å². The van der Waals surface area contributed by atoms with Gasteiger partial charge in [0.2, 0.25) is 0 Å². The Labute approximate surface area is 111 Å². The number of nitrogens with zero attached hydrogens (tertiary/aromatic N) is 1. The molecule has 0 saturated heterocycles. The van der Waals surface area contributed by atoms with Gasteiger partial charge in [-0.3, -0.25) is 4.98 Å². The lowest BCUT2D eigenvalue weighted by Crippen LogP contribution is -2.24. The van der Waals surface area contributed by atoms with Crippen LogP contribution in [0.25, 0.3) is 0 Å². The Morgan fingerprint density at radius 1 is 1.06 bits per heavy atom. The van der Waals surface area contributed by atoms with E-state index in [9.17, 15) is 0 Å². The second-order valence-corrected chi connectivity index (χ2v) is 7.35. The van der Waals surface area contributed by atoms with Gasteiger partial charge in [0.25, 0.3) is 0 Å². The molecule has 2 nitrogen and oxygen atoms in total. The monoisotopic (exact) mass is 247 g/mol. The second kappa shape index (κ2) is 4.25. The first-order chi connectivity index (χ1) is 8.19. The molecule has 1 aliphatic carbocycles. The van der Waals surface area contributed by atoms with Crippen LogP contribution in [0.15, 0.2) is 12.3 Å². The third-order valence-corrected chi connectivity index (χ3v) is 3.19. The van der Waals surface area contributed by atoms with Gasteiger partial charge in [0.15, 0.2) is 0 Å². The molecule has 0 bridgehead atoms. The molecule has 0 spiro atoms. The van der Waals surface area contributed by atoms with E-state index in [4.69, 9.17) is 4.74 Å². The summed E-state index contributed by atoms with van der Waals surface area (Å²) in [6, 6.07) is 2.02. The predicted molar refractivity (Wildman–Crippen MR) is 75.3 cm³/mol. The van der Waals surface area contributed by atoms with Gasteiger partial charge in [0.1, 0.15) is 5.75 Å². The molecule has 0 aromatic carbocycles. The van der Waals surface area contributed by atoms with E-state index in [0.29, 0.717) is 6.10 Å². The first-order valence-corrected chi connectivity index (χ1v) is 6.86. The van der Waals surface area contributed by atoms with Crippen molar-refractivity contribution in [2.75, 3.05) is 0 Å². The Morgan fingerprint density at radius 2 is 1.67 bits per heavy atom. The molecule has 2 heteroatoms. The van der Waals surface area contributed by atoms with Gasteiger partial charge in [-0.15, -0.1) is 0 Å². The summed E-state index contributed by atoms with van der Waals surface area (Å²) >= 11 is 0. The molecule has 0 amide bonds. The highest BCUT2D eigenvalue weighted by Gasteiger charge is 2.32. The summed E-state index contributed by atoms with van der Waals surface area (Å²) < 4.78 is 6.08. The van der Waals surface area contributed by atoms with Crippen molar-refractivity contribution < 1.29 is 4.74 Å². The Kier molecular flexibility index (Phi) is 3.16. The quantitative estimate of drug-likeness (QED) is 0.780. The molecule has 1 heterocycles. The van der Waals surface area contributed by atoms with E-state index < -0.39 is 0 Å². The number of rotatable bonds is 2. The van der Waals surface area contributed by atoms with Gasteiger partial charge >= 0.3 is 0 Å². The molecule has 100 valence electrons. The van der Waals surface area contributed by atoms with Crippen LogP contribution >= 0.6 is 0 Å². The molecule has 1 fully saturated rings. The standard InChI is InChI=1S/C16H25NO/c1-15(2,3)13-12(18-11-7-8-11)9-10-17-14(13)16(4,5)6/h9-11H,7-8H2,1-6H3. The highest BCUT2D eigenvalue weighted by Crippen LogP contribution is 2.40. The van der Waals surface area contributed by atoms with Gasteiger partial charge in [-0.2, -0.15) is 0 Å². The zero-order valence-electron chi connectivity index (χ0n) is 12.5. The molecule has 0 unspecified atom stereocenters. The molecule has 1 aromatic heterocycles. The Hall–Kier alpha value is -1.05. The van der Waals surface area contributed by atoms with Crippen molar-refractivity contribution in [1.82, 2.24) is 4.98 Å². The van der Waals surface area contributed by atoms with Crippen LogP contribution in [0, 0.1) is 0 Å². The van der Waals surface area contributed by atoms with Crippen molar-refractivity contribution in [1.29, 1.82) is 0 Å². The highest BCUT2D eigenvalue weighted by molar-refractivity contribution is 5.44. The van der Waals surface area contributed by atoms with Gasteiger partial charge in [0, 0.05) is 17.2 Å². The molecule has 0 atom stereocenters. The zero-order valence-corrected chi connectivity index (χ0v) is 12.5. The molecule has 1 aliphatic rings. The lowest BCUT2D eigenvalue weighted by molar-refractivity contribution is 0.292. The predicted octanol–water partition coefficient (Wildman–Crippen LogP) is 4.22. The minimum atomic E-state index is 0.0472. The molecule has 18 heavy (non-hydrogen) atoms. The smallest absolute Gasteiger partial charge is 0.126 e. The summed E-state index contributed by atoms with van der Waals surface area (Å²) in [6.07, 6.45) is 4.70. The van der Waals surface area contributed by atoms with Crippen LogP contribution in [0.2, 0.25) is 0 Å². The van der Waals surface area contributed by atoms with E-state index in [1.165, 1.54) is 18.4 Å². The van der Waals surface area contributed by atoms with E-state index in [2.05, 4.69) is 46.5 Å². The van der Waals surface area contributed by atoms with Gasteiger partial charge in [-0.05, 0) is 24.3 Å². The van der Waals surface area contributed by atoms with Crippen LogP contribution < -0.4 is 4.74 Å². The molecule has 1 saturated carbocycles.